The molecule has 0 saturated carbocycles. The maximum atomic E-state index is 9.99. The van der Waals surface area contributed by atoms with Crippen LogP contribution in [0.25, 0.3) is 0 Å². The van der Waals surface area contributed by atoms with E-state index in [-0.39, 0.29) is 12.4 Å². The van der Waals surface area contributed by atoms with Gasteiger partial charge in [0.15, 0.2) is 0 Å². The van der Waals surface area contributed by atoms with Crippen molar-refractivity contribution >= 4 is 18.4 Å². The first-order valence-corrected chi connectivity index (χ1v) is 5.28. The quantitative estimate of drug-likeness (QED) is 0.797. The van der Waals surface area contributed by atoms with Crippen LogP contribution in [0.15, 0.2) is 12.2 Å². The van der Waals surface area contributed by atoms with Crippen molar-refractivity contribution in [3.63, 3.8) is 0 Å². The zero-order chi connectivity index (χ0) is 13.7. The van der Waals surface area contributed by atoms with Gasteiger partial charge in [-0.05, 0) is 48.7 Å². The highest BCUT2D eigenvalue weighted by Crippen LogP contribution is 1.99. The monoisotopic (exact) mass is 268 g/mol. The standard InChI is InChI=1S/C6H10O2.2C3H9N.ClH/c1-3-4-5(2)6(7)8;2*1-4(2)3;/h2-4H2,1H3,(H,7,8);2*1-3H3;1H. The molecule has 5 heteroatoms. The molecule has 4 nitrogen and oxygen atoms in total. The van der Waals surface area contributed by atoms with Crippen molar-refractivity contribution in [2.45, 2.75) is 19.8 Å². The van der Waals surface area contributed by atoms with Crippen LogP contribution in [0.2, 0.25) is 0 Å². The summed E-state index contributed by atoms with van der Waals surface area (Å²) in [5.41, 5.74) is 0.299. The maximum absolute atomic E-state index is 9.99. The van der Waals surface area contributed by atoms with Crippen molar-refractivity contribution in [3.05, 3.63) is 12.2 Å². The van der Waals surface area contributed by atoms with Crippen molar-refractivity contribution in [1.82, 2.24) is 9.80 Å². The molecule has 0 atom stereocenters. The van der Waals surface area contributed by atoms with Crippen LogP contribution in [0.1, 0.15) is 19.8 Å². The molecule has 0 aromatic carbocycles. The molecule has 0 heterocycles. The summed E-state index contributed by atoms with van der Waals surface area (Å²) in [6.07, 6.45) is 1.44. The summed E-state index contributed by atoms with van der Waals surface area (Å²) in [7, 11) is 12.0. The Labute approximate surface area is 113 Å². The lowest BCUT2D eigenvalue weighted by molar-refractivity contribution is -0.132. The minimum atomic E-state index is -0.883. The van der Waals surface area contributed by atoms with Gasteiger partial charge >= 0.3 is 5.97 Å². The average molecular weight is 269 g/mol. The van der Waals surface area contributed by atoms with Crippen LogP contribution in [-0.2, 0) is 4.79 Å². The lowest BCUT2D eigenvalue weighted by Gasteiger charge is -1.92. The first-order chi connectivity index (χ1) is 7.14. The van der Waals surface area contributed by atoms with E-state index in [9.17, 15) is 4.79 Å². The Morgan fingerprint density at radius 2 is 1.29 bits per heavy atom. The van der Waals surface area contributed by atoms with E-state index in [2.05, 4.69) is 6.58 Å². The third-order valence-corrected chi connectivity index (χ3v) is 0.854. The molecule has 0 amide bonds. The number of carboxylic acids is 1. The number of rotatable bonds is 3. The third-order valence-electron chi connectivity index (χ3n) is 0.854. The molecular weight excluding hydrogens is 240 g/mol. The molecule has 1 N–H and O–H groups in total. The largest absolute Gasteiger partial charge is 0.478 e. The molecule has 0 spiro atoms. The van der Waals surface area contributed by atoms with Crippen LogP contribution < -0.4 is 0 Å². The molecule has 0 fully saturated rings. The van der Waals surface area contributed by atoms with E-state index in [1.807, 2.05) is 59.0 Å². The Balaban J connectivity index is -0.0000000806. The molecule has 0 aliphatic rings. The highest BCUT2D eigenvalue weighted by molar-refractivity contribution is 5.85. The van der Waals surface area contributed by atoms with E-state index in [1.165, 1.54) is 0 Å². The van der Waals surface area contributed by atoms with Crippen molar-refractivity contribution in [2.24, 2.45) is 0 Å². The molecule has 0 saturated heterocycles. The van der Waals surface area contributed by atoms with E-state index in [0.717, 1.165) is 6.42 Å². The molecule has 0 radical (unpaired) electrons. The summed E-state index contributed by atoms with van der Waals surface area (Å²) < 4.78 is 0. The molecule has 0 rings (SSSR count). The van der Waals surface area contributed by atoms with Crippen LogP contribution in [0.4, 0.5) is 0 Å². The van der Waals surface area contributed by atoms with Gasteiger partial charge in [-0.15, -0.1) is 12.4 Å². The minimum Gasteiger partial charge on any atom is -0.478 e. The summed E-state index contributed by atoms with van der Waals surface area (Å²) in [5.74, 6) is -0.883. The second-order valence-electron chi connectivity index (χ2n) is 4.34. The topological polar surface area (TPSA) is 43.8 Å². The predicted molar refractivity (Wildman–Crippen MR) is 78.2 cm³/mol. The van der Waals surface area contributed by atoms with Crippen molar-refractivity contribution < 1.29 is 9.90 Å². The molecule has 0 aromatic rings. The molecular formula is C12H29ClN2O2. The van der Waals surface area contributed by atoms with Crippen LogP contribution >= 0.6 is 12.4 Å². The van der Waals surface area contributed by atoms with Crippen LogP contribution in [0, 0.1) is 0 Å². The van der Waals surface area contributed by atoms with Crippen LogP contribution in [0.3, 0.4) is 0 Å². The van der Waals surface area contributed by atoms with E-state index < -0.39 is 5.97 Å². The minimum absolute atomic E-state index is 0. The van der Waals surface area contributed by atoms with E-state index in [4.69, 9.17) is 5.11 Å². The number of halogens is 1. The second kappa shape index (κ2) is 17.8. The molecule has 0 unspecified atom stereocenters. The predicted octanol–water partition coefficient (Wildman–Crippen LogP) is 2.20. The highest BCUT2D eigenvalue weighted by atomic mass is 35.5. The number of hydrogen-bond donors (Lipinski definition) is 1. The lowest BCUT2D eigenvalue weighted by atomic mass is 10.2. The van der Waals surface area contributed by atoms with Gasteiger partial charge < -0.3 is 14.9 Å². The maximum Gasteiger partial charge on any atom is 0.330 e. The van der Waals surface area contributed by atoms with Crippen LogP contribution in [0.5, 0.6) is 0 Å². The molecule has 0 bridgehead atoms. The lowest BCUT2D eigenvalue weighted by Crippen LogP contribution is -1.99. The van der Waals surface area contributed by atoms with Crippen molar-refractivity contribution in [1.29, 1.82) is 0 Å². The zero-order valence-electron chi connectivity index (χ0n) is 12.3. The van der Waals surface area contributed by atoms with E-state index in [1.54, 1.807) is 0 Å². The fourth-order valence-electron chi connectivity index (χ4n) is 0.409. The van der Waals surface area contributed by atoms with Gasteiger partial charge in [-0.2, -0.15) is 0 Å². The molecule has 0 aromatic heterocycles. The molecule has 17 heavy (non-hydrogen) atoms. The molecule has 0 aliphatic heterocycles. The number of nitrogens with zero attached hydrogens (tertiary/aromatic N) is 2. The molecule has 106 valence electrons. The van der Waals surface area contributed by atoms with Crippen molar-refractivity contribution in [2.75, 3.05) is 42.3 Å². The third kappa shape index (κ3) is 67.4. The Morgan fingerprint density at radius 1 is 1.06 bits per heavy atom. The summed E-state index contributed by atoms with van der Waals surface area (Å²) in [5, 5.41) is 8.21. The summed E-state index contributed by atoms with van der Waals surface area (Å²) >= 11 is 0. The van der Waals surface area contributed by atoms with Gasteiger partial charge in [0.25, 0.3) is 0 Å². The highest BCUT2D eigenvalue weighted by Gasteiger charge is 1.99. The fraction of sp³-hybridized carbons (Fsp3) is 0.750. The second-order valence-corrected chi connectivity index (χ2v) is 4.34. The van der Waals surface area contributed by atoms with Gasteiger partial charge in [0.2, 0.25) is 0 Å². The van der Waals surface area contributed by atoms with Gasteiger partial charge in [-0.25, -0.2) is 4.79 Å². The number of carboxylic acid groups (broad SMARTS) is 1. The Hall–Kier alpha value is -0.580. The first kappa shape index (κ1) is 25.3. The smallest absolute Gasteiger partial charge is 0.330 e. The molecule has 0 aliphatic carbocycles. The summed E-state index contributed by atoms with van der Waals surface area (Å²) in [6.45, 7) is 5.27. The van der Waals surface area contributed by atoms with E-state index >= 15 is 0 Å². The number of aliphatic carboxylic acids is 1. The zero-order valence-corrected chi connectivity index (χ0v) is 13.1. The van der Waals surface area contributed by atoms with Crippen molar-refractivity contribution in [3.8, 4) is 0 Å². The van der Waals surface area contributed by atoms with Gasteiger partial charge in [-0.1, -0.05) is 19.9 Å². The van der Waals surface area contributed by atoms with Gasteiger partial charge in [-0.3, -0.25) is 0 Å². The summed E-state index contributed by atoms with van der Waals surface area (Å²) in [4.78, 5) is 14.0. The Bertz CT molecular complexity index is 172. The van der Waals surface area contributed by atoms with E-state index in [0.29, 0.717) is 12.0 Å². The number of carbonyl (C=O) groups is 1. The average Bonchev–Trinajstić information content (AvgIpc) is 2.02. The SMILES string of the molecule is C=C(CCC)C(=O)O.CN(C)C.CN(C)C.Cl. The van der Waals surface area contributed by atoms with Gasteiger partial charge in [0.05, 0.1) is 0 Å². The summed E-state index contributed by atoms with van der Waals surface area (Å²) in [6, 6.07) is 0. The fourth-order valence-corrected chi connectivity index (χ4v) is 0.409. The number of hydrogen-bond acceptors (Lipinski definition) is 3. The normalized spacial score (nSPS) is 8.29. The van der Waals surface area contributed by atoms with Gasteiger partial charge in [0, 0.05) is 5.57 Å². The Morgan fingerprint density at radius 3 is 1.35 bits per heavy atom. The first-order valence-electron chi connectivity index (χ1n) is 5.28. The Kier molecular flexibility index (Phi) is 26.5. The van der Waals surface area contributed by atoms with Crippen LogP contribution in [-0.4, -0.2) is 63.2 Å². The van der Waals surface area contributed by atoms with Gasteiger partial charge in [0.1, 0.15) is 0 Å².